The van der Waals surface area contributed by atoms with Crippen molar-refractivity contribution in [1.82, 2.24) is 15.2 Å². The molecule has 1 aromatic heterocycles. The molecular weight excluding hydrogens is 398 g/mol. The van der Waals surface area contributed by atoms with E-state index in [9.17, 15) is 9.90 Å². The van der Waals surface area contributed by atoms with Crippen LogP contribution in [-0.2, 0) is 4.74 Å². The molecule has 0 saturated carbocycles. The molecule has 1 unspecified atom stereocenters. The molecule has 2 N–H and O–H groups in total. The van der Waals surface area contributed by atoms with Crippen LogP contribution in [0.4, 0.5) is 4.79 Å². The average molecular weight is 430 g/mol. The molecule has 1 aliphatic rings. The number of amides is 1. The Bertz CT molecular complexity index is 898. The zero-order chi connectivity index (χ0) is 22.6. The van der Waals surface area contributed by atoms with E-state index in [2.05, 4.69) is 15.2 Å². The number of aromatic hydroxyl groups is 1. The third-order valence-corrected chi connectivity index (χ3v) is 5.16. The first-order chi connectivity index (χ1) is 14.7. The van der Waals surface area contributed by atoms with E-state index in [-0.39, 0.29) is 17.8 Å². The van der Waals surface area contributed by atoms with Crippen molar-refractivity contribution in [3.8, 4) is 17.2 Å². The maximum absolute atomic E-state index is 12.2. The van der Waals surface area contributed by atoms with E-state index >= 15 is 0 Å². The van der Waals surface area contributed by atoms with Gasteiger partial charge in [0, 0.05) is 43.2 Å². The summed E-state index contributed by atoms with van der Waals surface area (Å²) >= 11 is 0. The van der Waals surface area contributed by atoms with Crippen molar-refractivity contribution in [3.05, 3.63) is 47.8 Å². The van der Waals surface area contributed by atoms with Gasteiger partial charge in [-0.3, -0.25) is 9.88 Å². The lowest BCUT2D eigenvalue weighted by molar-refractivity contribution is 0.0505. The van der Waals surface area contributed by atoms with Crippen LogP contribution in [0.1, 0.15) is 44.4 Å². The first kappa shape index (κ1) is 22.7. The third kappa shape index (κ3) is 5.58. The van der Waals surface area contributed by atoms with Crippen molar-refractivity contribution in [1.29, 1.82) is 0 Å². The molecule has 31 heavy (non-hydrogen) atoms. The van der Waals surface area contributed by atoms with E-state index in [0.29, 0.717) is 23.6 Å². The average Bonchev–Trinajstić information content (AvgIpc) is 3.16. The Morgan fingerprint density at radius 1 is 1.23 bits per heavy atom. The normalized spacial score (nSPS) is 17.8. The van der Waals surface area contributed by atoms with Gasteiger partial charge in [-0.25, -0.2) is 4.79 Å². The summed E-state index contributed by atoms with van der Waals surface area (Å²) in [6, 6.07) is 6.98. The minimum atomic E-state index is -0.551. The van der Waals surface area contributed by atoms with Crippen LogP contribution in [0.25, 0.3) is 0 Å². The quantitative estimate of drug-likeness (QED) is 0.726. The number of likely N-dealkylation sites (tertiary alicyclic amines) is 1. The number of nitrogens with zero attached hydrogens (tertiary/aromatic N) is 2. The maximum Gasteiger partial charge on any atom is 0.407 e. The minimum absolute atomic E-state index is 0.0613. The topological polar surface area (TPSA) is 93.1 Å². The highest BCUT2D eigenvalue weighted by molar-refractivity contribution is 5.68. The molecule has 0 radical (unpaired) electrons. The van der Waals surface area contributed by atoms with Crippen molar-refractivity contribution in [2.45, 2.75) is 44.9 Å². The molecule has 0 spiro atoms. The number of alkyl carbamates (subject to hydrolysis) is 1. The van der Waals surface area contributed by atoms with Crippen molar-refractivity contribution in [3.63, 3.8) is 0 Å². The number of carbonyl (C=O) groups is 1. The molecule has 2 heterocycles. The molecule has 168 valence electrons. The fourth-order valence-electron chi connectivity index (χ4n) is 3.83. The largest absolute Gasteiger partial charge is 0.504 e. The molecule has 2 atom stereocenters. The zero-order valence-corrected chi connectivity index (χ0v) is 18.7. The minimum Gasteiger partial charge on any atom is -0.504 e. The van der Waals surface area contributed by atoms with Gasteiger partial charge in [-0.1, -0.05) is 0 Å². The monoisotopic (exact) mass is 429 g/mol. The molecule has 1 fully saturated rings. The van der Waals surface area contributed by atoms with Crippen LogP contribution in [0.2, 0.25) is 0 Å². The second-order valence-electron chi connectivity index (χ2n) is 8.58. The number of pyridine rings is 1. The summed E-state index contributed by atoms with van der Waals surface area (Å²) in [5.41, 5.74) is 1.09. The Morgan fingerprint density at radius 2 is 1.94 bits per heavy atom. The summed E-state index contributed by atoms with van der Waals surface area (Å²) in [7, 11) is 3.09. The second-order valence-corrected chi connectivity index (χ2v) is 8.58. The van der Waals surface area contributed by atoms with Crippen molar-refractivity contribution in [2.24, 2.45) is 0 Å². The highest BCUT2D eigenvalue weighted by Gasteiger charge is 2.34. The highest BCUT2D eigenvalue weighted by Crippen LogP contribution is 2.43. The summed E-state index contributed by atoms with van der Waals surface area (Å²) in [5, 5.41) is 13.9. The molecule has 0 aliphatic carbocycles. The number of benzene rings is 1. The lowest BCUT2D eigenvalue weighted by Gasteiger charge is -2.30. The number of phenolic OH excluding ortho intramolecular Hbond substituents is 1. The fraction of sp³-hybridized carbons (Fsp3) is 0.478. The van der Waals surface area contributed by atoms with Crippen LogP contribution in [0, 0.1) is 0 Å². The summed E-state index contributed by atoms with van der Waals surface area (Å²) in [6.07, 6.45) is 3.79. The molecule has 1 amide bonds. The summed E-state index contributed by atoms with van der Waals surface area (Å²) in [4.78, 5) is 18.6. The van der Waals surface area contributed by atoms with Gasteiger partial charge in [0.1, 0.15) is 11.4 Å². The maximum atomic E-state index is 12.2. The second kappa shape index (κ2) is 9.43. The Labute approximate surface area is 183 Å². The van der Waals surface area contributed by atoms with Crippen LogP contribution in [0.5, 0.6) is 17.2 Å². The number of ether oxygens (including phenoxy) is 3. The van der Waals surface area contributed by atoms with Gasteiger partial charge in [0.05, 0.1) is 20.3 Å². The van der Waals surface area contributed by atoms with Gasteiger partial charge >= 0.3 is 6.09 Å². The Morgan fingerprint density at radius 3 is 2.55 bits per heavy atom. The van der Waals surface area contributed by atoms with Crippen LogP contribution in [-0.4, -0.2) is 60.0 Å². The number of hydrogen-bond acceptors (Lipinski definition) is 7. The molecule has 8 nitrogen and oxygen atoms in total. The van der Waals surface area contributed by atoms with Crippen LogP contribution in [0.15, 0.2) is 36.7 Å². The highest BCUT2D eigenvalue weighted by atomic mass is 16.6. The number of phenols is 1. The predicted molar refractivity (Wildman–Crippen MR) is 117 cm³/mol. The number of aromatic nitrogens is 1. The van der Waals surface area contributed by atoms with Crippen LogP contribution >= 0.6 is 0 Å². The van der Waals surface area contributed by atoms with Crippen molar-refractivity contribution >= 4 is 6.09 Å². The molecular formula is C23H31N3O5. The van der Waals surface area contributed by atoms with E-state index in [1.807, 2.05) is 39.0 Å². The lowest BCUT2D eigenvalue weighted by Crippen LogP contribution is -2.41. The summed E-state index contributed by atoms with van der Waals surface area (Å²) < 4.78 is 16.2. The summed E-state index contributed by atoms with van der Waals surface area (Å²) in [5.74, 6) is 0.996. The first-order valence-corrected chi connectivity index (χ1v) is 10.3. The van der Waals surface area contributed by atoms with E-state index < -0.39 is 11.7 Å². The van der Waals surface area contributed by atoms with Gasteiger partial charge in [-0.05, 0) is 51.0 Å². The molecule has 1 aliphatic heterocycles. The molecule has 0 bridgehead atoms. The SMILES string of the molecule is COc1cc(OC)c(O)c(C(c2ccncc2)N2CC[C@@H](NC(=O)OC(C)(C)C)C2)c1. The van der Waals surface area contributed by atoms with E-state index in [4.69, 9.17) is 14.2 Å². The van der Waals surface area contributed by atoms with E-state index in [1.54, 1.807) is 25.6 Å². The predicted octanol–water partition coefficient (Wildman–Crippen LogP) is 3.49. The van der Waals surface area contributed by atoms with Gasteiger partial charge in [-0.15, -0.1) is 0 Å². The first-order valence-electron chi connectivity index (χ1n) is 10.3. The molecule has 3 rings (SSSR count). The Kier molecular flexibility index (Phi) is 6.90. The number of rotatable bonds is 6. The molecule has 8 heteroatoms. The Balaban J connectivity index is 1.90. The molecule has 2 aromatic rings. The summed E-state index contributed by atoms with van der Waals surface area (Å²) in [6.45, 7) is 6.85. The van der Waals surface area contributed by atoms with Crippen molar-refractivity contribution in [2.75, 3.05) is 27.3 Å². The van der Waals surface area contributed by atoms with E-state index in [1.165, 1.54) is 7.11 Å². The van der Waals surface area contributed by atoms with Gasteiger partial charge < -0.3 is 24.6 Å². The third-order valence-electron chi connectivity index (χ3n) is 5.16. The standard InChI is InChI=1S/C23H31N3O5/c1-23(2,3)31-22(28)25-16-8-11-26(14-16)20(15-6-9-24-10-7-15)18-12-17(29-4)13-19(30-5)21(18)27/h6-7,9-10,12-13,16,20,27H,8,11,14H2,1-5H3,(H,25,28)/t16-,20?/m1/s1. The van der Waals surface area contributed by atoms with Gasteiger partial charge in [0.2, 0.25) is 0 Å². The van der Waals surface area contributed by atoms with Gasteiger partial charge in [0.15, 0.2) is 11.5 Å². The smallest absolute Gasteiger partial charge is 0.407 e. The van der Waals surface area contributed by atoms with Gasteiger partial charge in [-0.2, -0.15) is 0 Å². The Hall–Kier alpha value is -3.00. The van der Waals surface area contributed by atoms with Crippen LogP contribution < -0.4 is 14.8 Å². The number of methoxy groups -OCH3 is 2. The van der Waals surface area contributed by atoms with E-state index in [0.717, 1.165) is 18.5 Å². The lowest BCUT2D eigenvalue weighted by atomic mass is 9.96. The van der Waals surface area contributed by atoms with Crippen molar-refractivity contribution < 1.29 is 24.1 Å². The number of hydrogen-bond donors (Lipinski definition) is 2. The number of carbonyl (C=O) groups excluding carboxylic acids is 1. The van der Waals surface area contributed by atoms with Gasteiger partial charge in [0.25, 0.3) is 0 Å². The fourth-order valence-corrected chi connectivity index (χ4v) is 3.83. The van der Waals surface area contributed by atoms with Crippen LogP contribution in [0.3, 0.4) is 0 Å². The zero-order valence-electron chi connectivity index (χ0n) is 18.7. The molecule has 1 aromatic carbocycles. The number of nitrogens with one attached hydrogen (secondary N) is 1. The molecule has 1 saturated heterocycles.